The number of aromatic nitrogens is 3. The molecule has 2 heterocycles. The minimum absolute atomic E-state index is 0.0647. The Morgan fingerprint density at radius 2 is 2.00 bits per heavy atom. The first-order valence-corrected chi connectivity index (χ1v) is 6.98. The summed E-state index contributed by atoms with van der Waals surface area (Å²) in [6.07, 6.45) is 1.69. The summed E-state index contributed by atoms with van der Waals surface area (Å²) in [6, 6.07) is 9.83. The second kappa shape index (κ2) is 4.45. The van der Waals surface area contributed by atoms with E-state index in [1.807, 2.05) is 30.3 Å². The molecule has 0 radical (unpaired) electrons. The molecule has 0 spiro atoms. The highest BCUT2D eigenvalue weighted by Crippen LogP contribution is 2.39. The van der Waals surface area contributed by atoms with Crippen LogP contribution >= 0.6 is 0 Å². The zero-order chi connectivity index (χ0) is 13.5. The molecule has 2 aliphatic rings. The first kappa shape index (κ1) is 11.7. The van der Waals surface area contributed by atoms with Crippen molar-refractivity contribution < 1.29 is 4.39 Å². The van der Waals surface area contributed by atoms with E-state index in [0.717, 1.165) is 5.56 Å². The maximum absolute atomic E-state index is 14.1. The molecule has 0 amide bonds. The summed E-state index contributed by atoms with van der Waals surface area (Å²) in [4.78, 5) is 4.25. The van der Waals surface area contributed by atoms with Crippen LogP contribution < -0.4 is 0 Å². The highest BCUT2D eigenvalue weighted by atomic mass is 19.1. The number of hydrogen-bond acceptors (Lipinski definition) is 2. The van der Waals surface area contributed by atoms with Gasteiger partial charge in [-0.3, -0.25) is 0 Å². The number of hydrogen-bond donors (Lipinski definition) is 0. The van der Waals surface area contributed by atoms with Crippen molar-refractivity contribution in [2.75, 3.05) is 0 Å². The molecule has 0 N–H and O–H groups in total. The minimum Gasteiger partial charge on any atom is -0.239 e. The van der Waals surface area contributed by atoms with Crippen molar-refractivity contribution in [2.24, 2.45) is 5.92 Å². The Bertz CT molecular complexity index is 692. The quantitative estimate of drug-likeness (QED) is 0.743. The van der Waals surface area contributed by atoms with Crippen LogP contribution in [0.5, 0.6) is 0 Å². The van der Waals surface area contributed by atoms with Gasteiger partial charge in [0.15, 0.2) is 12.0 Å². The molecule has 0 unspecified atom stereocenters. The molecule has 0 saturated heterocycles. The standard InChI is InChI=1S/C16H14FN3/c17-13-10-14(12-4-2-1-3-5-12)20-16(13)18-15(19-20)9-8-11-6-7-11/h1-5,11,13-14H,6-7,10H2/t13-,14-/m0/s1. The van der Waals surface area contributed by atoms with Crippen molar-refractivity contribution in [3.8, 4) is 11.8 Å². The number of nitrogens with zero attached hydrogens (tertiary/aromatic N) is 3. The van der Waals surface area contributed by atoms with Crippen LogP contribution in [0.3, 0.4) is 0 Å². The van der Waals surface area contributed by atoms with Gasteiger partial charge < -0.3 is 0 Å². The van der Waals surface area contributed by atoms with E-state index in [4.69, 9.17) is 0 Å². The summed E-state index contributed by atoms with van der Waals surface area (Å²) in [5.41, 5.74) is 1.07. The normalized spacial score (nSPS) is 24.1. The van der Waals surface area contributed by atoms with Gasteiger partial charge in [0.25, 0.3) is 0 Å². The number of fused-ring (bicyclic) bond motifs is 1. The van der Waals surface area contributed by atoms with E-state index in [2.05, 4.69) is 21.9 Å². The Kier molecular flexibility index (Phi) is 2.59. The van der Waals surface area contributed by atoms with Crippen molar-refractivity contribution >= 4 is 0 Å². The van der Waals surface area contributed by atoms with Gasteiger partial charge >= 0.3 is 0 Å². The summed E-state index contributed by atoms with van der Waals surface area (Å²) < 4.78 is 15.8. The number of alkyl halides is 1. The second-order valence-corrected chi connectivity index (χ2v) is 5.41. The zero-order valence-electron chi connectivity index (χ0n) is 11.0. The molecule has 1 aromatic carbocycles. The third kappa shape index (κ3) is 2.00. The number of rotatable bonds is 1. The van der Waals surface area contributed by atoms with Gasteiger partial charge in [0, 0.05) is 12.3 Å². The second-order valence-electron chi connectivity index (χ2n) is 5.41. The molecule has 20 heavy (non-hydrogen) atoms. The average molecular weight is 267 g/mol. The maximum Gasteiger partial charge on any atom is 0.225 e. The summed E-state index contributed by atoms with van der Waals surface area (Å²) in [6.45, 7) is 0. The predicted octanol–water partition coefficient (Wildman–Crippen LogP) is 3.04. The molecule has 100 valence electrons. The molecule has 2 aromatic rings. The van der Waals surface area contributed by atoms with Crippen LogP contribution in [-0.4, -0.2) is 14.8 Å². The summed E-state index contributed by atoms with van der Waals surface area (Å²) >= 11 is 0. The number of halogens is 1. The molecule has 4 heteroatoms. The Morgan fingerprint density at radius 1 is 1.20 bits per heavy atom. The highest BCUT2D eigenvalue weighted by Gasteiger charge is 2.35. The van der Waals surface area contributed by atoms with E-state index >= 15 is 0 Å². The van der Waals surface area contributed by atoms with Crippen LogP contribution in [-0.2, 0) is 0 Å². The minimum atomic E-state index is -1.05. The van der Waals surface area contributed by atoms with Crippen LogP contribution in [0.1, 0.15) is 48.7 Å². The molecule has 1 fully saturated rings. The third-order valence-corrected chi connectivity index (χ3v) is 3.81. The Morgan fingerprint density at radius 3 is 2.75 bits per heavy atom. The largest absolute Gasteiger partial charge is 0.239 e. The SMILES string of the molecule is F[C@H]1C[C@@H](c2ccccc2)n2nc(C#CC3CC3)nc21. The van der Waals surface area contributed by atoms with Gasteiger partial charge in [-0.2, -0.15) is 0 Å². The van der Waals surface area contributed by atoms with E-state index in [9.17, 15) is 4.39 Å². The summed E-state index contributed by atoms with van der Waals surface area (Å²) in [5, 5.41) is 4.39. The van der Waals surface area contributed by atoms with Crippen LogP contribution in [0.4, 0.5) is 4.39 Å². The topological polar surface area (TPSA) is 30.7 Å². The summed E-state index contributed by atoms with van der Waals surface area (Å²) in [7, 11) is 0. The molecular weight excluding hydrogens is 253 g/mol. The van der Waals surface area contributed by atoms with E-state index in [1.54, 1.807) is 4.68 Å². The van der Waals surface area contributed by atoms with Crippen molar-refractivity contribution in [2.45, 2.75) is 31.5 Å². The van der Waals surface area contributed by atoms with Crippen molar-refractivity contribution in [3.05, 3.63) is 47.5 Å². The Balaban J connectivity index is 1.69. The molecule has 1 aliphatic heterocycles. The van der Waals surface area contributed by atoms with Crippen LogP contribution in [0.2, 0.25) is 0 Å². The molecule has 1 aromatic heterocycles. The Labute approximate surface area is 116 Å². The van der Waals surface area contributed by atoms with Gasteiger partial charge in [0.05, 0.1) is 6.04 Å². The first-order valence-electron chi connectivity index (χ1n) is 6.98. The van der Waals surface area contributed by atoms with Crippen LogP contribution in [0.15, 0.2) is 30.3 Å². The fourth-order valence-electron chi connectivity index (χ4n) is 2.58. The lowest BCUT2D eigenvalue weighted by molar-refractivity contribution is 0.328. The van der Waals surface area contributed by atoms with E-state index in [-0.39, 0.29) is 6.04 Å². The van der Waals surface area contributed by atoms with Gasteiger partial charge in [0.1, 0.15) is 0 Å². The van der Waals surface area contributed by atoms with Gasteiger partial charge in [-0.15, -0.1) is 5.10 Å². The van der Waals surface area contributed by atoms with Gasteiger partial charge in [-0.05, 0) is 24.3 Å². The molecule has 3 nitrogen and oxygen atoms in total. The maximum atomic E-state index is 14.1. The van der Waals surface area contributed by atoms with Gasteiger partial charge in [-0.25, -0.2) is 14.1 Å². The molecule has 4 rings (SSSR count). The fraction of sp³-hybridized carbons (Fsp3) is 0.375. The molecule has 0 bridgehead atoms. The average Bonchev–Trinajstić information content (AvgIpc) is 3.13. The van der Waals surface area contributed by atoms with E-state index in [1.165, 1.54) is 12.8 Å². The molecule has 2 atom stereocenters. The third-order valence-electron chi connectivity index (χ3n) is 3.81. The highest BCUT2D eigenvalue weighted by molar-refractivity contribution is 5.28. The predicted molar refractivity (Wildman–Crippen MR) is 72.7 cm³/mol. The molecule has 1 aliphatic carbocycles. The lowest BCUT2D eigenvalue weighted by Crippen LogP contribution is -2.07. The van der Waals surface area contributed by atoms with Crippen molar-refractivity contribution in [1.82, 2.24) is 14.8 Å². The van der Waals surface area contributed by atoms with Crippen LogP contribution in [0, 0.1) is 17.8 Å². The zero-order valence-corrected chi connectivity index (χ0v) is 11.0. The van der Waals surface area contributed by atoms with E-state index < -0.39 is 6.17 Å². The lowest BCUT2D eigenvalue weighted by Gasteiger charge is -2.10. The summed E-state index contributed by atoms with van der Waals surface area (Å²) in [5.74, 6) is 7.46. The molecular formula is C16H14FN3. The van der Waals surface area contributed by atoms with E-state index in [0.29, 0.717) is 24.0 Å². The van der Waals surface area contributed by atoms with Gasteiger partial charge in [-0.1, -0.05) is 36.3 Å². The van der Waals surface area contributed by atoms with Crippen molar-refractivity contribution in [1.29, 1.82) is 0 Å². The fourth-order valence-corrected chi connectivity index (χ4v) is 2.58. The number of benzene rings is 1. The van der Waals surface area contributed by atoms with Crippen LogP contribution in [0.25, 0.3) is 0 Å². The lowest BCUT2D eigenvalue weighted by atomic mass is 10.0. The van der Waals surface area contributed by atoms with Gasteiger partial charge in [0.2, 0.25) is 5.82 Å². The van der Waals surface area contributed by atoms with Crippen molar-refractivity contribution in [3.63, 3.8) is 0 Å². The monoisotopic (exact) mass is 267 g/mol. The smallest absolute Gasteiger partial charge is 0.225 e. The Hall–Kier alpha value is -2.15. The first-order chi connectivity index (χ1) is 9.81. The molecule has 1 saturated carbocycles.